The maximum atomic E-state index is 10.6. The van der Waals surface area contributed by atoms with Gasteiger partial charge in [0.1, 0.15) is 18.6 Å². The molecule has 168 valence electrons. The first kappa shape index (κ1) is 23.5. The van der Waals surface area contributed by atoms with Crippen molar-refractivity contribution in [1.82, 2.24) is 9.80 Å². The molecule has 1 saturated heterocycles. The van der Waals surface area contributed by atoms with Gasteiger partial charge in [-0.05, 0) is 36.6 Å². The highest BCUT2D eigenvalue weighted by atomic mass is 16.5. The van der Waals surface area contributed by atoms with Gasteiger partial charge in [0.15, 0.2) is 0 Å². The van der Waals surface area contributed by atoms with E-state index in [0.29, 0.717) is 6.61 Å². The van der Waals surface area contributed by atoms with E-state index in [1.807, 2.05) is 24.3 Å². The van der Waals surface area contributed by atoms with Crippen molar-refractivity contribution < 1.29 is 14.6 Å². The molecule has 0 aromatic heterocycles. The van der Waals surface area contributed by atoms with E-state index in [1.54, 1.807) is 6.08 Å². The summed E-state index contributed by atoms with van der Waals surface area (Å²) in [6.45, 7) is 11.8. The number of ether oxygens (including phenoxy) is 2. The lowest BCUT2D eigenvalue weighted by Gasteiger charge is -2.39. The van der Waals surface area contributed by atoms with Crippen LogP contribution in [0.4, 0.5) is 0 Å². The van der Waals surface area contributed by atoms with Crippen molar-refractivity contribution in [2.75, 3.05) is 45.9 Å². The Kier molecular flexibility index (Phi) is 9.56. The van der Waals surface area contributed by atoms with Gasteiger partial charge in [-0.2, -0.15) is 0 Å². The topological polar surface area (TPSA) is 45.2 Å². The molecule has 0 bridgehead atoms. The Morgan fingerprint density at radius 2 is 1.74 bits per heavy atom. The van der Waals surface area contributed by atoms with Crippen molar-refractivity contribution in [3.8, 4) is 5.75 Å². The van der Waals surface area contributed by atoms with Crippen molar-refractivity contribution >= 4 is 0 Å². The number of hydrogen-bond donors (Lipinski definition) is 1. The Hall–Kier alpha value is -2.18. The smallest absolute Gasteiger partial charge is 0.119 e. The lowest BCUT2D eigenvalue weighted by molar-refractivity contribution is -0.0719. The van der Waals surface area contributed by atoms with Crippen LogP contribution in [0.25, 0.3) is 0 Å². The molecule has 1 aliphatic heterocycles. The molecule has 31 heavy (non-hydrogen) atoms. The lowest BCUT2D eigenvalue weighted by atomic mass is 10.1. The minimum Gasteiger partial charge on any atom is -0.490 e. The van der Waals surface area contributed by atoms with Crippen molar-refractivity contribution in [3.05, 3.63) is 78.4 Å². The molecule has 0 radical (unpaired) electrons. The Morgan fingerprint density at radius 3 is 2.39 bits per heavy atom. The first-order valence-corrected chi connectivity index (χ1v) is 11.3. The van der Waals surface area contributed by atoms with E-state index in [4.69, 9.17) is 9.47 Å². The average molecular weight is 425 g/mol. The van der Waals surface area contributed by atoms with Crippen molar-refractivity contribution in [3.63, 3.8) is 0 Å². The molecule has 0 saturated carbocycles. The average Bonchev–Trinajstić information content (AvgIpc) is 2.82. The first-order chi connectivity index (χ1) is 15.2. The third kappa shape index (κ3) is 7.47. The van der Waals surface area contributed by atoms with E-state index in [9.17, 15) is 5.11 Å². The van der Waals surface area contributed by atoms with Crippen LogP contribution in [-0.4, -0.2) is 67.1 Å². The second-order valence-electron chi connectivity index (χ2n) is 7.95. The third-order valence-corrected chi connectivity index (χ3v) is 5.78. The zero-order chi connectivity index (χ0) is 21.9. The summed E-state index contributed by atoms with van der Waals surface area (Å²) in [6, 6.07) is 18.3. The van der Waals surface area contributed by atoms with Gasteiger partial charge in [0.25, 0.3) is 0 Å². The fourth-order valence-corrected chi connectivity index (χ4v) is 3.99. The molecule has 0 aliphatic carbocycles. The van der Waals surface area contributed by atoms with Crippen LogP contribution < -0.4 is 4.74 Å². The van der Waals surface area contributed by atoms with E-state index in [-0.39, 0.29) is 6.23 Å². The summed E-state index contributed by atoms with van der Waals surface area (Å²) in [6.07, 6.45) is 3.04. The molecular weight excluding hydrogens is 388 g/mol. The van der Waals surface area contributed by atoms with Gasteiger partial charge in [-0.25, -0.2) is 0 Å². The van der Waals surface area contributed by atoms with Gasteiger partial charge in [0.05, 0.1) is 6.10 Å². The Bertz CT molecular complexity index is 758. The van der Waals surface area contributed by atoms with Gasteiger partial charge in [-0.1, -0.05) is 55.1 Å². The summed E-state index contributed by atoms with van der Waals surface area (Å²) in [7, 11) is 0. The number of aliphatic hydroxyl groups excluding tert-OH is 1. The summed E-state index contributed by atoms with van der Waals surface area (Å²) in [4.78, 5) is 4.89. The minimum absolute atomic E-state index is 0.127. The number of piperazine rings is 1. The van der Waals surface area contributed by atoms with Crippen LogP contribution >= 0.6 is 0 Å². The van der Waals surface area contributed by atoms with Crippen LogP contribution in [0.5, 0.6) is 5.75 Å². The van der Waals surface area contributed by atoms with Crippen LogP contribution in [0.2, 0.25) is 0 Å². The molecule has 1 aliphatic rings. The van der Waals surface area contributed by atoms with Crippen LogP contribution in [0.15, 0.2) is 67.3 Å². The second-order valence-corrected chi connectivity index (χ2v) is 7.95. The molecule has 3 rings (SSSR count). The molecule has 0 amide bonds. The number of aliphatic hydroxyl groups is 1. The molecule has 5 nitrogen and oxygen atoms in total. The monoisotopic (exact) mass is 424 g/mol. The summed E-state index contributed by atoms with van der Waals surface area (Å²) in [5, 5.41) is 10.6. The highest BCUT2D eigenvalue weighted by Crippen LogP contribution is 2.21. The quantitative estimate of drug-likeness (QED) is 0.524. The van der Waals surface area contributed by atoms with Crippen LogP contribution in [0, 0.1) is 0 Å². The third-order valence-electron chi connectivity index (χ3n) is 5.78. The van der Waals surface area contributed by atoms with Crippen LogP contribution in [0.1, 0.15) is 30.6 Å². The van der Waals surface area contributed by atoms with Gasteiger partial charge >= 0.3 is 0 Å². The van der Waals surface area contributed by atoms with E-state index in [0.717, 1.165) is 63.5 Å². The largest absolute Gasteiger partial charge is 0.490 e. The molecule has 0 spiro atoms. The maximum absolute atomic E-state index is 10.6. The first-order valence-electron chi connectivity index (χ1n) is 11.3. The van der Waals surface area contributed by atoms with Gasteiger partial charge < -0.3 is 19.5 Å². The zero-order valence-electron chi connectivity index (χ0n) is 18.7. The number of benzene rings is 2. The van der Waals surface area contributed by atoms with Gasteiger partial charge in [0, 0.05) is 45.8 Å². The molecule has 2 unspecified atom stereocenters. The van der Waals surface area contributed by atoms with Crippen LogP contribution in [-0.2, 0) is 11.2 Å². The van der Waals surface area contributed by atoms with Crippen molar-refractivity contribution in [2.24, 2.45) is 0 Å². The van der Waals surface area contributed by atoms with E-state index >= 15 is 0 Å². The SMILES string of the molecule is C=CCOc1ccc(C(O)CCN2CCN(C(Cc3ccccc3)OCC)CC2)cc1. The van der Waals surface area contributed by atoms with E-state index in [2.05, 4.69) is 53.6 Å². The molecular formula is C26H36N2O3. The predicted octanol–water partition coefficient (Wildman–Crippen LogP) is 3.90. The van der Waals surface area contributed by atoms with Gasteiger partial charge in [0.2, 0.25) is 0 Å². The second kappa shape index (κ2) is 12.6. The predicted molar refractivity (Wildman–Crippen MR) is 125 cm³/mol. The summed E-state index contributed by atoms with van der Waals surface area (Å²) >= 11 is 0. The lowest BCUT2D eigenvalue weighted by Crippen LogP contribution is -2.52. The molecule has 2 aromatic carbocycles. The molecule has 2 atom stereocenters. The highest BCUT2D eigenvalue weighted by Gasteiger charge is 2.24. The number of rotatable bonds is 12. The van der Waals surface area contributed by atoms with Crippen molar-refractivity contribution in [1.29, 1.82) is 0 Å². The maximum Gasteiger partial charge on any atom is 0.119 e. The fourth-order valence-electron chi connectivity index (χ4n) is 3.99. The number of hydrogen-bond acceptors (Lipinski definition) is 5. The van der Waals surface area contributed by atoms with Crippen molar-refractivity contribution in [2.45, 2.75) is 32.1 Å². The highest BCUT2D eigenvalue weighted by molar-refractivity contribution is 5.28. The van der Waals surface area contributed by atoms with Gasteiger partial charge in [-0.15, -0.1) is 0 Å². The van der Waals surface area contributed by atoms with E-state index in [1.165, 1.54) is 5.56 Å². The summed E-state index contributed by atoms with van der Waals surface area (Å²) in [5.74, 6) is 0.798. The standard InChI is InChI=1S/C26H36N2O3/c1-3-20-31-24-12-10-23(11-13-24)25(29)14-15-27-16-18-28(19-17-27)26(30-4-2)21-22-8-6-5-7-9-22/h3,5-13,25-26,29H,1,4,14-21H2,2H3. The summed E-state index contributed by atoms with van der Waals surface area (Å²) < 4.78 is 11.6. The Labute approximate surface area is 186 Å². The molecule has 1 heterocycles. The summed E-state index contributed by atoms with van der Waals surface area (Å²) in [5.41, 5.74) is 2.25. The normalized spacial score (nSPS) is 17.2. The zero-order valence-corrected chi connectivity index (χ0v) is 18.7. The van der Waals surface area contributed by atoms with E-state index < -0.39 is 6.10 Å². The Morgan fingerprint density at radius 1 is 1.03 bits per heavy atom. The molecule has 5 heteroatoms. The molecule has 1 fully saturated rings. The Balaban J connectivity index is 1.43. The van der Waals surface area contributed by atoms with Crippen LogP contribution in [0.3, 0.4) is 0 Å². The van der Waals surface area contributed by atoms with Gasteiger partial charge in [-0.3, -0.25) is 4.90 Å². The number of nitrogens with zero attached hydrogens (tertiary/aromatic N) is 2. The molecule has 1 N–H and O–H groups in total. The molecule has 2 aromatic rings. The minimum atomic E-state index is -0.458. The fraction of sp³-hybridized carbons (Fsp3) is 0.462.